The highest BCUT2D eigenvalue weighted by Gasteiger charge is 2.37. The van der Waals surface area contributed by atoms with Crippen molar-refractivity contribution in [2.24, 2.45) is 0 Å². The standard InChI is InChI=1S/C18H26FN3O2/c1-20-10-12-22(13-11-20)17(23)6-8-21-9-7-18(24,14-21)15-2-4-16(19)5-3-15/h2-5,24H,6-14H2,1H3. The monoisotopic (exact) mass is 335 g/mol. The Hall–Kier alpha value is -1.50. The minimum absolute atomic E-state index is 0.195. The summed E-state index contributed by atoms with van der Waals surface area (Å²) in [5, 5.41) is 10.8. The number of piperazine rings is 1. The van der Waals surface area contributed by atoms with E-state index in [1.807, 2.05) is 4.90 Å². The average molecular weight is 335 g/mol. The zero-order chi connectivity index (χ0) is 17.2. The van der Waals surface area contributed by atoms with Crippen LogP contribution in [0.5, 0.6) is 0 Å². The van der Waals surface area contributed by atoms with Gasteiger partial charge in [0, 0.05) is 52.2 Å². The minimum atomic E-state index is -0.940. The summed E-state index contributed by atoms with van der Waals surface area (Å²) >= 11 is 0. The van der Waals surface area contributed by atoms with Crippen molar-refractivity contribution in [1.29, 1.82) is 0 Å². The fourth-order valence-electron chi connectivity index (χ4n) is 3.53. The maximum Gasteiger partial charge on any atom is 0.223 e. The van der Waals surface area contributed by atoms with Gasteiger partial charge in [-0.15, -0.1) is 0 Å². The molecule has 2 aliphatic heterocycles. The van der Waals surface area contributed by atoms with E-state index in [9.17, 15) is 14.3 Å². The average Bonchev–Trinajstić information content (AvgIpc) is 2.96. The molecule has 1 aromatic rings. The lowest BCUT2D eigenvalue weighted by Gasteiger charge is -2.33. The first-order valence-electron chi connectivity index (χ1n) is 8.63. The largest absolute Gasteiger partial charge is 0.384 e. The lowest BCUT2D eigenvalue weighted by Crippen LogP contribution is -2.47. The Morgan fingerprint density at radius 1 is 1.17 bits per heavy atom. The van der Waals surface area contributed by atoms with Crippen LogP contribution in [0.25, 0.3) is 0 Å². The molecule has 1 N–H and O–H groups in total. The molecular formula is C18H26FN3O2. The molecule has 1 aromatic carbocycles. The molecule has 1 unspecified atom stereocenters. The van der Waals surface area contributed by atoms with Gasteiger partial charge in [-0.05, 0) is 31.2 Å². The third-order valence-corrected chi connectivity index (χ3v) is 5.21. The van der Waals surface area contributed by atoms with E-state index in [2.05, 4.69) is 16.8 Å². The second kappa shape index (κ2) is 7.17. The molecule has 0 bridgehead atoms. The normalized spacial score (nSPS) is 26.0. The first-order chi connectivity index (χ1) is 11.5. The van der Waals surface area contributed by atoms with Gasteiger partial charge in [0.05, 0.1) is 0 Å². The maximum absolute atomic E-state index is 13.0. The van der Waals surface area contributed by atoms with Gasteiger partial charge in [-0.2, -0.15) is 0 Å². The topological polar surface area (TPSA) is 47.0 Å². The van der Waals surface area contributed by atoms with Crippen molar-refractivity contribution < 1.29 is 14.3 Å². The number of aliphatic hydroxyl groups is 1. The summed E-state index contributed by atoms with van der Waals surface area (Å²) in [7, 11) is 2.07. The number of likely N-dealkylation sites (tertiary alicyclic amines) is 1. The van der Waals surface area contributed by atoms with Crippen molar-refractivity contribution in [2.75, 3.05) is 52.9 Å². The third kappa shape index (κ3) is 3.94. The van der Waals surface area contributed by atoms with Gasteiger partial charge in [-0.25, -0.2) is 4.39 Å². The molecular weight excluding hydrogens is 309 g/mol. The Labute approximate surface area is 142 Å². The molecule has 132 valence electrons. The van der Waals surface area contributed by atoms with E-state index in [-0.39, 0.29) is 11.7 Å². The summed E-state index contributed by atoms with van der Waals surface area (Å²) in [5.41, 5.74) is -0.193. The Morgan fingerprint density at radius 3 is 2.50 bits per heavy atom. The summed E-state index contributed by atoms with van der Waals surface area (Å²) < 4.78 is 13.0. The van der Waals surface area contributed by atoms with Crippen molar-refractivity contribution in [2.45, 2.75) is 18.4 Å². The molecule has 1 atom stereocenters. The van der Waals surface area contributed by atoms with Gasteiger partial charge in [-0.1, -0.05) is 12.1 Å². The van der Waals surface area contributed by atoms with Gasteiger partial charge in [0.2, 0.25) is 5.91 Å². The van der Waals surface area contributed by atoms with Gasteiger partial charge >= 0.3 is 0 Å². The van der Waals surface area contributed by atoms with Crippen LogP contribution in [0.2, 0.25) is 0 Å². The fourth-order valence-corrected chi connectivity index (χ4v) is 3.53. The Kier molecular flexibility index (Phi) is 5.18. The Balaban J connectivity index is 1.49. The number of rotatable bonds is 4. The van der Waals surface area contributed by atoms with Crippen molar-refractivity contribution in [3.05, 3.63) is 35.6 Å². The smallest absolute Gasteiger partial charge is 0.223 e. The highest BCUT2D eigenvalue weighted by molar-refractivity contribution is 5.76. The number of halogens is 1. The molecule has 0 aliphatic carbocycles. The molecule has 0 saturated carbocycles. The predicted octanol–water partition coefficient (Wildman–Crippen LogP) is 0.883. The molecule has 5 nitrogen and oxygen atoms in total. The van der Waals surface area contributed by atoms with Gasteiger partial charge < -0.3 is 14.9 Å². The number of nitrogens with zero attached hydrogens (tertiary/aromatic N) is 3. The fraction of sp³-hybridized carbons (Fsp3) is 0.611. The van der Waals surface area contributed by atoms with E-state index in [0.717, 1.165) is 38.3 Å². The third-order valence-electron chi connectivity index (χ3n) is 5.21. The summed E-state index contributed by atoms with van der Waals surface area (Å²) in [6.07, 6.45) is 1.10. The summed E-state index contributed by atoms with van der Waals surface area (Å²) in [4.78, 5) is 18.6. The predicted molar refractivity (Wildman–Crippen MR) is 90.0 cm³/mol. The molecule has 0 aromatic heterocycles. The molecule has 2 heterocycles. The van der Waals surface area contributed by atoms with E-state index in [1.165, 1.54) is 12.1 Å². The number of likely N-dealkylation sites (N-methyl/N-ethyl adjacent to an activating group) is 1. The summed E-state index contributed by atoms with van der Waals surface area (Å²) in [6.45, 7) is 5.37. The number of hydrogen-bond acceptors (Lipinski definition) is 4. The van der Waals surface area contributed by atoms with Crippen LogP contribution in [0.4, 0.5) is 4.39 Å². The summed E-state index contributed by atoms with van der Waals surface area (Å²) in [6, 6.07) is 6.06. The van der Waals surface area contributed by atoms with E-state index >= 15 is 0 Å². The van der Waals surface area contributed by atoms with Crippen LogP contribution in [0.1, 0.15) is 18.4 Å². The zero-order valence-corrected chi connectivity index (χ0v) is 14.2. The number of carbonyl (C=O) groups excluding carboxylic acids is 1. The van der Waals surface area contributed by atoms with Crippen molar-refractivity contribution in [3.63, 3.8) is 0 Å². The summed E-state index contributed by atoms with van der Waals surface area (Å²) in [5.74, 6) is -0.102. The molecule has 1 amide bonds. The number of benzene rings is 1. The Morgan fingerprint density at radius 2 is 1.83 bits per heavy atom. The SMILES string of the molecule is CN1CCN(C(=O)CCN2CCC(O)(c3ccc(F)cc3)C2)CC1. The van der Waals surface area contributed by atoms with E-state index in [1.54, 1.807) is 12.1 Å². The molecule has 2 fully saturated rings. The molecule has 0 radical (unpaired) electrons. The first-order valence-corrected chi connectivity index (χ1v) is 8.63. The van der Waals surface area contributed by atoms with Gasteiger partial charge in [0.15, 0.2) is 0 Å². The van der Waals surface area contributed by atoms with Crippen molar-refractivity contribution >= 4 is 5.91 Å². The van der Waals surface area contributed by atoms with Gasteiger partial charge in [-0.3, -0.25) is 9.69 Å². The second-order valence-corrected chi connectivity index (χ2v) is 7.00. The number of hydrogen-bond donors (Lipinski definition) is 1. The second-order valence-electron chi connectivity index (χ2n) is 7.00. The number of β-amino-alcohol motifs (C(OH)–C–C–N with tert-alkyl or cyclic N) is 1. The maximum atomic E-state index is 13.0. The van der Waals surface area contributed by atoms with Crippen LogP contribution in [0.3, 0.4) is 0 Å². The van der Waals surface area contributed by atoms with Crippen LogP contribution in [-0.2, 0) is 10.4 Å². The number of amides is 1. The Bertz CT molecular complexity index is 572. The minimum Gasteiger partial charge on any atom is -0.384 e. The molecule has 0 spiro atoms. The molecule has 2 saturated heterocycles. The molecule has 6 heteroatoms. The molecule has 3 rings (SSSR count). The lowest BCUT2D eigenvalue weighted by atomic mass is 9.93. The van der Waals surface area contributed by atoms with Crippen LogP contribution in [-0.4, -0.2) is 78.6 Å². The van der Waals surface area contributed by atoms with Crippen LogP contribution in [0.15, 0.2) is 24.3 Å². The first kappa shape index (κ1) is 17.3. The molecule has 24 heavy (non-hydrogen) atoms. The lowest BCUT2D eigenvalue weighted by molar-refractivity contribution is -0.133. The van der Waals surface area contributed by atoms with Crippen LogP contribution in [0, 0.1) is 5.82 Å². The zero-order valence-electron chi connectivity index (χ0n) is 14.2. The van der Waals surface area contributed by atoms with Gasteiger partial charge in [0.25, 0.3) is 0 Å². The van der Waals surface area contributed by atoms with Crippen LogP contribution >= 0.6 is 0 Å². The van der Waals surface area contributed by atoms with E-state index in [0.29, 0.717) is 25.9 Å². The van der Waals surface area contributed by atoms with Crippen molar-refractivity contribution in [1.82, 2.24) is 14.7 Å². The van der Waals surface area contributed by atoms with E-state index < -0.39 is 5.60 Å². The highest BCUT2D eigenvalue weighted by atomic mass is 19.1. The highest BCUT2D eigenvalue weighted by Crippen LogP contribution is 2.32. The van der Waals surface area contributed by atoms with Crippen molar-refractivity contribution in [3.8, 4) is 0 Å². The molecule has 2 aliphatic rings. The van der Waals surface area contributed by atoms with Crippen LogP contribution < -0.4 is 0 Å². The number of carbonyl (C=O) groups is 1. The quantitative estimate of drug-likeness (QED) is 0.888. The van der Waals surface area contributed by atoms with Gasteiger partial charge in [0.1, 0.15) is 11.4 Å². The van der Waals surface area contributed by atoms with E-state index in [4.69, 9.17) is 0 Å².